The van der Waals surface area contributed by atoms with E-state index < -0.39 is 0 Å². The third kappa shape index (κ3) is 8.68. The molecule has 0 aliphatic rings. The second kappa shape index (κ2) is 11.5. The van der Waals surface area contributed by atoms with Crippen LogP contribution in [0.5, 0.6) is 0 Å². The van der Waals surface area contributed by atoms with Gasteiger partial charge in [-0.15, -0.1) is 0 Å². The Bertz CT molecular complexity index is 431. The first kappa shape index (κ1) is 23.9. The van der Waals surface area contributed by atoms with E-state index >= 15 is 0 Å². The van der Waals surface area contributed by atoms with Gasteiger partial charge in [0.25, 0.3) is 0 Å². The van der Waals surface area contributed by atoms with Gasteiger partial charge in [-0.3, -0.25) is 0 Å². The zero-order chi connectivity index (χ0) is 19.5. The number of oxime groups is 2. The first-order chi connectivity index (χ1) is 11.6. The summed E-state index contributed by atoms with van der Waals surface area (Å²) >= 11 is 0. The fraction of sp³-hybridized carbons (Fsp3) is 0.895. The van der Waals surface area contributed by atoms with Gasteiger partial charge in [0, 0.05) is 0 Å². The molecule has 0 fully saturated rings. The van der Waals surface area contributed by atoms with E-state index in [0.717, 1.165) is 38.1 Å². The minimum absolute atomic E-state index is 0.283. The third-order valence-electron chi connectivity index (χ3n) is 5.17. The van der Waals surface area contributed by atoms with Gasteiger partial charge in [-0.1, -0.05) is 37.0 Å². The van der Waals surface area contributed by atoms with Gasteiger partial charge in [-0.2, -0.15) is 0 Å². The van der Waals surface area contributed by atoms with Crippen molar-refractivity contribution >= 4 is 11.4 Å². The van der Waals surface area contributed by atoms with Crippen molar-refractivity contribution in [3.8, 4) is 0 Å². The molecule has 4 N–H and O–H groups in total. The molecular formula is C19H40N4O2. The number of nitrogens with one attached hydrogen (secondary N) is 2. The molecule has 0 aromatic carbocycles. The monoisotopic (exact) mass is 356 g/mol. The topological polar surface area (TPSA) is 89.2 Å². The Morgan fingerprint density at radius 1 is 0.880 bits per heavy atom. The van der Waals surface area contributed by atoms with E-state index in [0.29, 0.717) is 11.6 Å². The Balaban J connectivity index is 4.44. The molecule has 25 heavy (non-hydrogen) atoms. The van der Waals surface area contributed by atoms with Crippen LogP contribution in [0.4, 0.5) is 0 Å². The minimum atomic E-state index is -0.292. The van der Waals surface area contributed by atoms with Gasteiger partial charge in [0.1, 0.15) is 0 Å². The molecule has 0 spiro atoms. The zero-order valence-corrected chi connectivity index (χ0v) is 17.3. The van der Waals surface area contributed by atoms with Crippen LogP contribution in [0.1, 0.15) is 80.6 Å². The highest BCUT2D eigenvalue weighted by atomic mass is 16.4. The summed E-state index contributed by atoms with van der Waals surface area (Å²) in [4.78, 5) is 0. The van der Waals surface area contributed by atoms with Crippen molar-refractivity contribution in [3.63, 3.8) is 0 Å². The van der Waals surface area contributed by atoms with Crippen LogP contribution in [-0.2, 0) is 0 Å². The maximum atomic E-state index is 9.12. The van der Waals surface area contributed by atoms with Crippen LogP contribution in [0.15, 0.2) is 10.3 Å². The summed E-state index contributed by atoms with van der Waals surface area (Å²) in [5.74, 6) is 0.638. The van der Waals surface area contributed by atoms with Gasteiger partial charge in [0.2, 0.25) is 0 Å². The summed E-state index contributed by atoms with van der Waals surface area (Å²) in [6, 6.07) is 0. The molecule has 148 valence electrons. The van der Waals surface area contributed by atoms with Crippen LogP contribution in [0, 0.1) is 5.92 Å². The van der Waals surface area contributed by atoms with Crippen molar-refractivity contribution in [2.75, 3.05) is 13.1 Å². The van der Waals surface area contributed by atoms with E-state index in [9.17, 15) is 0 Å². The zero-order valence-electron chi connectivity index (χ0n) is 17.3. The summed E-state index contributed by atoms with van der Waals surface area (Å²) in [6.45, 7) is 16.0. The molecule has 0 aromatic heterocycles. The molecule has 6 heteroatoms. The van der Waals surface area contributed by atoms with E-state index in [4.69, 9.17) is 10.4 Å². The first-order valence-electron chi connectivity index (χ1n) is 9.55. The highest BCUT2D eigenvalue weighted by molar-refractivity contribution is 5.92. The predicted molar refractivity (Wildman–Crippen MR) is 106 cm³/mol. The smallest absolute Gasteiger partial charge is 0.0762 e. The van der Waals surface area contributed by atoms with Crippen LogP contribution < -0.4 is 10.6 Å². The Kier molecular flexibility index (Phi) is 10.9. The lowest BCUT2D eigenvalue weighted by atomic mass is 9.92. The normalized spacial score (nSPS) is 15.5. The van der Waals surface area contributed by atoms with Crippen LogP contribution in [0.3, 0.4) is 0 Å². The molecular weight excluding hydrogens is 316 g/mol. The van der Waals surface area contributed by atoms with Gasteiger partial charge in [-0.05, 0) is 72.9 Å². The number of hydrogen-bond donors (Lipinski definition) is 4. The van der Waals surface area contributed by atoms with Crippen molar-refractivity contribution < 1.29 is 10.4 Å². The molecule has 0 rings (SSSR count). The molecule has 0 aliphatic heterocycles. The average Bonchev–Trinajstić information content (AvgIpc) is 2.54. The van der Waals surface area contributed by atoms with Crippen molar-refractivity contribution in [1.82, 2.24) is 10.6 Å². The third-order valence-corrected chi connectivity index (χ3v) is 5.17. The predicted octanol–water partition coefficient (Wildman–Crippen LogP) is 4.01. The lowest BCUT2D eigenvalue weighted by Crippen LogP contribution is -2.47. The van der Waals surface area contributed by atoms with E-state index in [-0.39, 0.29) is 11.1 Å². The Morgan fingerprint density at radius 2 is 1.40 bits per heavy atom. The summed E-state index contributed by atoms with van der Waals surface area (Å²) in [7, 11) is 0. The van der Waals surface area contributed by atoms with E-state index in [1.807, 2.05) is 27.7 Å². The minimum Gasteiger partial charge on any atom is -0.411 e. The average molecular weight is 357 g/mol. The highest BCUT2D eigenvalue weighted by Crippen LogP contribution is 2.17. The fourth-order valence-electron chi connectivity index (χ4n) is 3.01. The van der Waals surface area contributed by atoms with Gasteiger partial charge >= 0.3 is 0 Å². The molecule has 0 aliphatic carbocycles. The number of rotatable bonds is 13. The molecule has 1 unspecified atom stereocenters. The molecule has 0 aromatic rings. The Hall–Kier alpha value is -1.14. The van der Waals surface area contributed by atoms with Gasteiger partial charge in [0.05, 0.1) is 22.5 Å². The first-order valence-corrected chi connectivity index (χ1v) is 9.55. The quantitative estimate of drug-likeness (QED) is 0.228. The molecule has 0 bridgehead atoms. The SMILES string of the molecule is CCCC(CCNC(C)(C)/C(C)=N/O)CCNC(C)(C)/C(CC)=N/O. The summed E-state index contributed by atoms with van der Waals surface area (Å²) in [5.41, 5.74) is 0.897. The van der Waals surface area contributed by atoms with Gasteiger partial charge < -0.3 is 21.0 Å². The maximum Gasteiger partial charge on any atom is 0.0762 e. The molecule has 0 amide bonds. The molecule has 6 nitrogen and oxygen atoms in total. The molecule has 0 radical (unpaired) electrons. The van der Waals surface area contributed by atoms with E-state index in [2.05, 4.69) is 41.7 Å². The van der Waals surface area contributed by atoms with Crippen LogP contribution in [-0.4, -0.2) is 46.0 Å². The lowest BCUT2D eigenvalue weighted by Gasteiger charge is -2.29. The largest absolute Gasteiger partial charge is 0.411 e. The molecule has 0 heterocycles. The van der Waals surface area contributed by atoms with E-state index in [1.165, 1.54) is 12.8 Å². The molecule has 1 atom stereocenters. The second-order valence-corrected chi connectivity index (χ2v) is 7.92. The highest BCUT2D eigenvalue weighted by Gasteiger charge is 2.24. The lowest BCUT2D eigenvalue weighted by molar-refractivity contribution is 0.305. The summed E-state index contributed by atoms with van der Waals surface area (Å²) in [6.07, 6.45) is 5.29. The van der Waals surface area contributed by atoms with Crippen LogP contribution >= 0.6 is 0 Å². The van der Waals surface area contributed by atoms with Gasteiger partial charge in [0.15, 0.2) is 0 Å². The Morgan fingerprint density at radius 3 is 1.80 bits per heavy atom. The van der Waals surface area contributed by atoms with Crippen molar-refractivity contribution in [1.29, 1.82) is 0 Å². The van der Waals surface area contributed by atoms with Crippen molar-refractivity contribution in [2.45, 2.75) is 91.6 Å². The summed E-state index contributed by atoms with van der Waals surface area (Å²) < 4.78 is 0. The van der Waals surface area contributed by atoms with E-state index in [1.54, 1.807) is 0 Å². The van der Waals surface area contributed by atoms with Crippen LogP contribution in [0.2, 0.25) is 0 Å². The second-order valence-electron chi connectivity index (χ2n) is 7.92. The Labute approximate surface area is 154 Å². The molecule has 0 saturated carbocycles. The number of hydrogen-bond acceptors (Lipinski definition) is 6. The number of nitrogens with zero attached hydrogens (tertiary/aromatic N) is 2. The van der Waals surface area contributed by atoms with Crippen LogP contribution in [0.25, 0.3) is 0 Å². The van der Waals surface area contributed by atoms with Crippen molar-refractivity contribution in [3.05, 3.63) is 0 Å². The maximum absolute atomic E-state index is 9.12. The standard InChI is InChI=1S/C19H40N4O2/c1-8-10-16(11-13-20-18(4,5)15(3)22-24)12-14-21-19(6,7)17(9-2)23-25/h16,20-21,24-25H,8-14H2,1-7H3/b22-15+,23-17+. The summed E-state index contributed by atoms with van der Waals surface area (Å²) in [5, 5.41) is 31.8. The fourth-order valence-corrected chi connectivity index (χ4v) is 3.01. The van der Waals surface area contributed by atoms with Gasteiger partial charge in [-0.25, -0.2) is 0 Å². The molecule has 0 saturated heterocycles. The van der Waals surface area contributed by atoms with Crippen molar-refractivity contribution in [2.24, 2.45) is 16.2 Å².